The second-order valence-electron chi connectivity index (χ2n) is 8.90. The quantitative estimate of drug-likeness (QED) is 0.274. The van der Waals surface area contributed by atoms with Gasteiger partial charge in [-0.1, -0.05) is 25.1 Å². The molecule has 0 bridgehead atoms. The van der Waals surface area contributed by atoms with Crippen molar-refractivity contribution < 1.29 is 33.7 Å². The molecule has 188 valence electrons. The minimum Gasteiger partial charge on any atom is -0.507 e. The zero-order valence-electron chi connectivity index (χ0n) is 20.3. The van der Waals surface area contributed by atoms with Gasteiger partial charge in [0, 0.05) is 37.9 Å². The van der Waals surface area contributed by atoms with Crippen LogP contribution in [0.15, 0.2) is 48.0 Å². The van der Waals surface area contributed by atoms with E-state index < -0.39 is 28.9 Å². The molecule has 1 fully saturated rings. The van der Waals surface area contributed by atoms with Gasteiger partial charge in [0.05, 0.1) is 11.3 Å². The second-order valence-corrected chi connectivity index (χ2v) is 8.90. The highest BCUT2D eigenvalue weighted by Crippen LogP contribution is 2.53. The highest BCUT2D eigenvalue weighted by atomic mass is 16.6. The topological polar surface area (TPSA) is 106 Å². The van der Waals surface area contributed by atoms with Crippen LogP contribution in [0.2, 0.25) is 0 Å². The molecule has 0 aromatic heterocycles. The van der Waals surface area contributed by atoms with E-state index in [-0.39, 0.29) is 17.7 Å². The molecular weight excluding hydrogens is 464 g/mol. The fourth-order valence-corrected chi connectivity index (χ4v) is 5.31. The third-order valence-electron chi connectivity index (χ3n) is 6.80. The fourth-order valence-electron chi connectivity index (χ4n) is 5.31. The molecule has 3 aliphatic heterocycles. The molecule has 3 aliphatic rings. The van der Waals surface area contributed by atoms with Crippen LogP contribution in [0, 0.1) is 0 Å². The summed E-state index contributed by atoms with van der Waals surface area (Å²) in [4.78, 5) is 44.1. The highest BCUT2D eigenvalue weighted by Gasteiger charge is 2.66. The van der Waals surface area contributed by atoms with Gasteiger partial charge in [-0.05, 0) is 37.1 Å². The van der Waals surface area contributed by atoms with Gasteiger partial charge in [0.2, 0.25) is 0 Å². The number of anilines is 1. The summed E-state index contributed by atoms with van der Waals surface area (Å²) in [5.41, 5.74) is -0.633. The van der Waals surface area contributed by atoms with Crippen LogP contribution >= 0.6 is 0 Å². The van der Waals surface area contributed by atoms with E-state index in [2.05, 4.69) is 0 Å². The number of hydrogen-bond donors (Lipinski definition) is 1. The Morgan fingerprint density at radius 2 is 1.81 bits per heavy atom. The number of benzene rings is 2. The number of methoxy groups -OCH3 is 1. The third kappa shape index (κ3) is 3.37. The predicted octanol–water partition coefficient (Wildman–Crippen LogP) is 2.83. The van der Waals surface area contributed by atoms with Crippen molar-refractivity contribution in [3.05, 3.63) is 59.2 Å². The molecule has 2 amide bonds. The molecule has 0 unspecified atom stereocenters. The van der Waals surface area contributed by atoms with E-state index in [0.717, 1.165) is 0 Å². The second kappa shape index (κ2) is 9.31. The maximum Gasteiger partial charge on any atom is 0.296 e. The standard InChI is InChI=1S/C27H28N2O7/c1-3-11-28-19-8-5-4-7-18(19)27(26(28)33)22(24(31)25(32)29(27)12-6-13-34-2)23(30)17-9-10-20-21(16-17)36-15-14-35-20/h4-5,7-10,16,30H,3,6,11-15H2,1-2H3/t27-/m1/s1. The van der Waals surface area contributed by atoms with E-state index in [9.17, 15) is 19.5 Å². The van der Waals surface area contributed by atoms with E-state index in [4.69, 9.17) is 14.2 Å². The van der Waals surface area contributed by atoms with Crippen LogP contribution in [0.4, 0.5) is 5.69 Å². The Hall–Kier alpha value is -3.85. The molecule has 1 saturated heterocycles. The monoisotopic (exact) mass is 492 g/mol. The van der Waals surface area contributed by atoms with Crippen LogP contribution in [0.25, 0.3) is 5.76 Å². The predicted molar refractivity (Wildman–Crippen MR) is 131 cm³/mol. The molecule has 1 atom stereocenters. The van der Waals surface area contributed by atoms with Crippen molar-refractivity contribution in [3.8, 4) is 11.5 Å². The molecule has 1 N–H and O–H groups in total. The number of rotatable bonds is 7. The average molecular weight is 493 g/mol. The van der Waals surface area contributed by atoms with Gasteiger partial charge in [-0.15, -0.1) is 0 Å². The number of para-hydroxylation sites is 1. The van der Waals surface area contributed by atoms with Gasteiger partial charge in [-0.2, -0.15) is 0 Å². The highest BCUT2D eigenvalue weighted by molar-refractivity contribution is 6.50. The van der Waals surface area contributed by atoms with Gasteiger partial charge in [-0.3, -0.25) is 14.4 Å². The molecule has 5 rings (SSSR count). The summed E-state index contributed by atoms with van der Waals surface area (Å²) in [6.07, 6.45) is 1.09. The first-order valence-corrected chi connectivity index (χ1v) is 12.1. The van der Waals surface area contributed by atoms with Gasteiger partial charge < -0.3 is 29.1 Å². The van der Waals surface area contributed by atoms with Crippen LogP contribution in [0.5, 0.6) is 11.5 Å². The number of carbonyl (C=O) groups is 3. The summed E-state index contributed by atoms with van der Waals surface area (Å²) >= 11 is 0. The van der Waals surface area contributed by atoms with Gasteiger partial charge in [0.25, 0.3) is 17.6 Å². The number of hydrogen-bond acceptors (Lipinski definition) is 7. The van der Waals surface area contributed by atoms with E-state index in [1.54, 1.807) is 48.4 Å². The number of likely N-dealkylation sites (tertiary alicyclic amines) is 1. The van der Waals surface area contributed by atoms with Crippen LogP contribution in [0.1, 0.15) is 30.9 Å². The summed E-state index contributed by atoms with van der Waals surface area (Å²) < 4.78 is 16.4. The number of amides is 2. The first-order valence-electron chi connectivity index (χ1n) is 12.1. The normalized spacial score (nSPS) is 22.0. The van der Waals surface area contributed by atoms with Crippen molar-refractivity contribution in [2.45, 2.75) is 25.3 Å². The first-order chi connectivity index (χ1) is 17.5. The number of aliphatic hydroxyl groups is 1. The molecule has 3 heterocycles. The van der Waals surface area contributed by atoms with Crippen LogP contribution in [-0.2, 0) is 24.7 Å². The van der Waals surface area contributed by atoms with Gasteiger partial charge in [0.15, 0.2) is 17.0 Å². The van der Waals surface area contributed by atoms with E-state index in [0.29, 0.717) is 62.0 Å². The van der Waals surface area contributed by atoms with Crippen molar-refractivity contribution in [2.75, 3.05) is 44.9 Å². The summed E-state index contributed by atoms with van der Waals surface area (Å²) in [6.45, 7) is 3.56. The molecule has 0 aliphatic carbocycles. The number of fused-ring (bicyclic) bond motifs is 3. The fraction of sp³-hybridized carbons (Fsp3) is 0.370. The summed E-state index contributed by atoms with van der Waals surface area (Å²) in [5.74, 6) is -1.65. The summed E-state index contributed by atoms with van der Waals surface area (Å²) in [5, 5.41) is 11.6. The number of ketones is 1. The van der Waals surface area contributed by atoms with Gasteiger partial charge in [0.1, 0.15) is 19.0 Å². The largest absolute Gasteiger partial charge is 0.507 e. The number of nitrogens with zero attached hydrogens (tertiary/aromatic N) is 2. The Kier molecular flexibility index (Phi) is 6.17. The minimum atomic E-state index is -1.77. The van der Waals surface area contributed by atoms with Crippen molar-refractivity contribution in [1.82, 2.24) is 4.90 Å². The maximum absolute atomic E-state index is 14.2. The van der Waals surface area contributed by atoms with Crippen molar-refractivity contribution >= 4 is 29.0 Å². The molecule has 2 aromatic carbocycles. The van der Waals surface area contributed by atoms with E-state index >= 15 is 0 Å². The van der Waals surface area contributed by atoms with Gasteiger partial charge >= 0.3 is 0 Å². The maximum atomic E-state index is 14.2. The Balaban J connectivity index is 1.75. The van der Waals surface area contributed by atoms with Crippen molar-refractivity contribution in [2.24, 2.45) is 0 Å². The number of Topliss-reactive ketones (excluding diaryl/α,β-unsaturated/α-hetero) is 1. The molecule has 0 radical (unpaired) electrons. The minimum absolute atomic E-state index is 0.108. The van der Waals surface area contributed by atoms with Crippen LogP contribution < -0.4 is 14.4 Å². The molecule has 2 aromatic rings. The van der Waals surface area contributed by atoms with Crippen LogP contribution in [0.3, 0.4) is 0 Å². The molecule has 9 heteroatoms. The number of ether oxygens (including phenoxy) is 3. The Morgan fingerprint density at radius 3 is 2.56 bits per heavy atom. The molecule has 1 spiro atoms. The molecular formula is C27H28N2O7. The van der Waals surface area contributed by atoms with Crippen LogP contribution in [-0.4, -0.2) is 67.6 Å². The van der Waals surface area contributed by atoms with E-state index in [1.807, 2.05) is 13.0 Å². The van der Waals surface area contributed by atoms with Gasteiger partial charge in [-0.25, -0.2) is 0 Å². The zero-order valence-corrected chi connectivity index (χ0v) is 20.3. The number of aliphatic hydroxyl groups excluding tert-OH is 1. The summed E-state index contributed by atoms with van der Waals surface area (Å²) in [7, 11) is 1.55. The Bertz CT molecular complexity index is 1270. The van der Waals surface area contributed by atoms with Crippen molar-refractivity contribution in [3.63, 3.8) is 0 Å². The lowest BCUT2D eigenvalue weighted by Crippen LogP contribution is -2.52. The smallest absolute Gasteiger partial charge is 0.296 e. The van der Waals surface area contributed by atoms with Crippen molar-refractivity contribution in [1.29, 1.82) is 0 Å². The molecule has 0 saturated carbocycles. The molecule has 36 heavy (non-hydrogen) atoms. The lowest BCUT2D eigenvalue weighted by molar-refractivity contribution is -0.143. The third-order valence-corrected chi connectivity index (χ3v) is 6.80. The number of carbonyl (C=O) groups excluding carboxylic acids is 3. The first kappa shape index (κ1) is 23.9. The Morgan fingerprint density at radius 1 is 1.06 bits per heavy atom. The zero-order chi connectivity index (χ0) is 25.4. The Labute approximate surface area is 208 Å². The average Bonchev–Trinajstić information content (AvgIpc) is 3.27. The lowest BCUT2D eigenvalue weighted by Gasteiger charge is -2.34. The van der Waals surface area contributed by atoms with E-state index in [1.165, 1.54) is 4.90 Å². The lowest BCUT2D eigenvalue weighted by atomic mass is 9.81. The summed E-state index contributed by atoms with van der Waals surface area (Å²) in [6, 6.07) is 11.9. The SMILES string of the molecule is CCCN1C(=O)[C@]2(C(=C(O)c3ccc4c(c3)OCCO4)C(=O)C(=O)N2CCCOC)c2ccccc21. The molecule has 9 nitrogen and oxygen atoms in total.